The first-order valence-corrected chi connectivity index (χ1v) is 8.21. The van der Waals surface area contributed by atoms with Crippen molar-refractivity contribution in [2.24, 2.45) is 0 Å². The van der Waals surface area contributed by atoms with Gasteiger partial charge in [0.25, 0.3) is 0 Å². The number of ether oxygens (including phenoxy) is 2. The molecule has 1 unspecified atom stereocenters. The van der Waals surface area contributed by atoms with Gasteiger partial charge in [-0.05, 0) is 18.6 Å². The maximum Gasteiger partial charge on any atom is 0.354 e. The van der Waals surface area contributed by atoms with Crippen LogP contribution in [0.4, 0.5) is 5.69 Å². The standard InChI is InChI=1S/C19H20N2O5/c1-4-13(18(22)20-12-7-5-6-8-16(12)24-2)21-14-9-10-26-17(14)11-15(21)19(23)25-3/h5-11,13H,4H2,1-3H3,(H,20,22). The first-order valence-electron chi connectivity index (χ1n) is 8.21. The number of para-hydroxylation sites is 2. The molecule has 0 bridgehead atoms. The zero-order valence-corrected chi connectivity index (χ0v) is 14.8. The fourth-order valence-electron chi connectivity index (χ4n) is 2.99. The number of nitrogens with one attached hydrogen (secondary N) is 1. The van der Waals surface area contributed by atoms with Crippen molar-refractivity contribution in [3.8, 4) is 5.75 Å². The molecule has 136 valence electrons. The molecular weight excluding hydrogens is 336 g/mol. The number of anilines is 1. The SMILES string of the molecule is CCC(C(=O)Nc1ccccc1OC)n1c(C(=O)OC)cc2occc21. The number of esters is 1. The second kappa shape index (κ2) is 7.35. The Bertz CT molecular complexity index is 940. The Morgan fingerprint density at radius 1 is 1.23 bits per heavy atom. The van der Waals surface area contributed by atoms with E-state index in [1.807, 2.05) is 19.1 Å². The van der Waals surface area contributed by atoms with Crippen LogP contribution in [-0.4, -0.2) is 30.7 Å². The molecule has 26 heavy (non-hydrogen) atoms. The van der Waals surface area contributed by atoms with Crippen LogP contribution >= 0.6 is 0 Å². The summed E-state index contributed by atoms with van der Waals surface area (Å²) >= 11 is 0. The van der Waals surface area contributed by atoms with Crippen molar-refractivity contribution in [2.75, 3.05) is 19.5 Å². The lowest BCUT2D eigenvalue weighted by Crippen LogP contribution is -2.28. The molecule has 1 amide bonds. The van der Waals surface area contributed by atoms with E-state index < -0.39 is 12.0 Å². The zero-order valence-electron chi connectivity index (χ0n) is 14.8. The second-order valence-electron chi connectivity index (χ2n) is 5.67. The predicted octanol–water partition coefficient (Wildman–Crippen LogP) is 3.62. The van der Waals surface area contributed by atoms with E-state index in [1.54, 1.807) is 35.9 Å². The summed E-state index contributed by atoms with van der Waals surface area (Å²) in [5.74, 6) is -0.231. The number of aromatic nitrogens is 1. The Hall–Kier alpha value is -3.22. The highest BCUT2D eigenvalue weighted by molar-refractivity contribution is 5.99. The molecule has 2 aromatic heterocycles. The van der Waals surface area contributed by atoms with Gasteiger partial charge in [0.1, 0.15) is 17.5 Å². The molecule has 1 aromatic carbocycles. The van der Waals surface area contributed by atoms with E-state index in [4.69, 9.17) is 13.9 Å². The minimum Gasteiger partial charge on any atom is -0.495 e. The zero-order chi connectivity index (χ0) is 18.7. The summed E-state index contributed by atoms with van der Waals surface area (Å²) in [5, 5.41) is 2.87. The molecule has 1 atom stereocenters. The minimum absolute atomic E-state index is 0.263. The van der Waals surface area contributed by atoms with Gasteiger partial charge in [-0.25, -0.2) is 4.79 Å². The van der Waals surface area contributed by atoms with E-state index >= 15 is 0 Å². The Labute approximate surface area is 150 Å². The largest absolute Gasteiger partial charge is 0.495 e. The number of furan rings is 1. The van der Waals surface area contributed by atoms with Crippen LogP contribution in [0.25, 0.3) is 11.1 Å². The Kier molecular flexibility index (Phi) is 4.97. The van der Waals surface area contributed by atoms with E-state index in [9.17, 15) is 9.59 Å². The van der Waals surface area contributed by atoms with E-state index in [0.29, 0.717) is 29.0 Å². The van der Waals surface area contributed by atoms with E-state index in [1.165, 1.54) is 13.4 Å². The molecule has 3 aromatic rings. The second-order valence-corrected chi connectivity index (χ2v) is 5.67. The average Bonchev–Trinajstić information content (AvgIpc) is 3.24. The van der Waals surface area contributed by atoms with Gasteiger partial charge in [-0.3, -0.25) is 4.79 Å². The van der Waals surface area contributed by atoms with Crippen LogP contribution in [-0.2, 0) is 9.53 Å². The molecule has 0 saturated carbocycles. The number of hydrogen-bond acceptors (Lipinski definition) is 5. The highest BCUT2D eigenvalue weighted by Gasteiger charge is 2.28. The molecule has 1 N–H and O–H groups in total. The summed E-state index contributed by atoms with van der Waals surface area (Å²) in [6.07, 6.45) is 1.99. The maximum atomic E-state index is 13.0. The van der Waals surface area contributed by atoms with Gasteiger partial charge in [0, 0.05) is 12.1 Å². The van der Waals surface area contributed by atoms with Gasteiger partial charge < -0.3 is 23.8 Å². The molecule has 0 fully saturated rings. The van der Waals surface area contributed by atoms with Gasteiger partial charge in [-0.15, -0.1) is 0 Å². The van der Waals surface area contributed by atoms with Crippen molar-refractivity contribution < 1.29 is 23.5 Å². The van der Waals surface area contributed by atoms with Crippen LogP contribution in [0.3, 0.4) is 0 Å². The van der Waals surface area contributed by atoms with Gasteiger partial charge in [-0.1, -0.05) is 19.1 Å². The molecule has 0 saturated heterocycles. The molecule has 3 rings (SSSR count). The first kappa shape index (κ1) is 17.6. The van der Waals surface area contributed by atoms with Gasteiger partial charge in [0.05, 0.1) is 31.7 Å². The van der Waals surface area contributed by atoms with Crippen molar-refractivity contribution in [2.45, 2.75) is 19.4 Å². The van der Waals surface area contributed by atoms with Crippen molar-refractivity contribution in [1.82, 2.24) is 4.57 Å². The molecule has 0 spiro atoms. The monoisotopic (exact) mass is 356 g/mol. The van der Waals surface area contributed by atoms with Gasteiger partial charge in [0.15, 0.2) is 5.58 Å². The number of amides is 1. The van der Waals surface area contributed by atoms with Gasteiger partial charge in [0.2, 0.25) is 5.91 Å². The van der Waals surface area contributed by atoms with Gasteiger partial charge >= 0.3 is 5.97 Å². The lowest BCUT2D eigenvalue weighted by atomic mass is 10.1. The molecule has 0 radical (unpaired) electrons. The molecule has 7 heteroatoms. The third-order valence-electron chi connectivity index (χ3n) is 4.22. The topological polar surface area (TPSA) is 82.7 Å². The summed E-state index contributed by atoms with van der Waals surface area (Å²) in [5.41, 5.74) is 2.01. The molecule has 0 aliphatic heterocycles. The van der Waals surface area contributed by atoms with Crippen molar-refractivity contribution >= 4 is 28.7 Å². The lowest BCUT2D eigenvalue weighted by Gasteiger charge is -2.20. The molecule has 0 aliphatic carbocycles. The summed E-state index contributed by atoms with van der Waals surface area (Å²) in [6.45, 7) is 1.87. The number of benzene rings is 1. The smallest absolute Gasteiger partial charge is 0.354 e. The summed E-state index contributed by atoms with van der Waals surface area (Å²) in [4.78, 5) is 25.1. The van der Waals surface area contributed by atoms with Crippen molar-refractivity contribution in [1.29, 1.82) is 0 Å². The minimum atomic E-state index is -0.621. The van der Waals surface area contributed by atoms with Crippen molar-refractivity contribution in [3.05, 3.63) is 48.4 Å². The average molecular weight is 356 g/mol. The van der Waals surface area contributed by atoms with Crippen LogP contribution in [0, 0.1) is 0 Å². The lowest BCUT2D eigenvalue weighted by molar-refractivity contribution is -0.119. The molecule has 7 nitrogen and oxygen atoms in total. The summed E-state index contributed by atoms with van der Waals surface area (Å²) in [6, 6.07) is 9.84. The quantitative estimate of drug-likeness (QED) is 0.682. The normalized spacial score (nSPS) is 12.0. The molecule has 0 aliphatic rings. The Balaban J connectivity index is 2.00. The molecule has 2 heterocycles. The highest BCUT2D eigenvalue weighted by Crippen LogP contribution is 2.30. The number of hydrogen-bond donors (Lipinski definition) is 1. The maximum absolute atomic E-state index is 13.0. The van der Waals surface area contributed by atoms with Gasteiger partial charge in [-0.2, -0.15) is 0 Å². The first-order chi connectivity index (χ1) is 12.6. The fraction of sp³-hybridized carbons (Fsp3) is 0.263. The predicted molar refractivity (Wildman–Crippen MR) is 96.5 cm³/mol. The highest BCUT2D eigenvalue weighted by atomic mass is 16.5. The number of carbonyl (C=O) groups excluding carboxylic acids is 2. The third-order valence-corrected chi connectivity index (χ3v) is 4.22. The van der Waals surface area contributed by atoms with Crippen molar-refractivity contribution in [3.63, 3.8) is 0 Å². The van der Waals surface area contributed by atoms with Crippen LogP contribution in [0.15, 0.2) is 47.1 Å². The van der Waals surface area contributed by atoms with Crippen LogP contribution in [0.5, 0.6) is 5.75 Å². The third kappa shape index (κ3) is 3.03. The number of methoxy groups -OCH3 is 2. The van der Waals surface area contributed by atoms with E-state index in [0.717, 1.165) is 0 Å². The summed E-state index contributed by atoms with van der Waals surface area (Å²) in [7, 11) is 2.84. The Morgan fingerprint density at radius 2 is 2.00 bits per heavy atom. The Morgan fingerprint density at radius 3 is 2.69 bits per heavy atom. The molecular formula is C19H20N2O5. The fourth-order valence-corrected chi connectivity index (χ4v) is 2.99. The summed E-state index contributed by atoms with van der Waals surface area (Å²) < 4.78 is 17.2. The van der Waals surface area contributed by atoms with Crippen LogP contribution < -0.4 is 10.1 Å². The van der Waals surface area contributed by atoms with Crippen LogP contribution in [0.2, 0.25) is 0 Å². The van der Waals surface area contributed by atoms with E-state index in [-0.39, 0.29) is 11.6 Å². The number of nitrogens with zero attached hydrogens (tertiary/aromatic N) is 1. The van der Waals surface area contributed by atoms with Crippen LogP contribution in [0.1, 0.15) is 29.9 Å². The number of carbonyl (C=O) groups is 2. The number of rotatable bonds is 6. The number of fused-ring (bicyclic) bond motifs is 1. The van der Waals surface area contributed by atoms with E-state index in [2.05, 4.69) is 5.32 Å².